The molecule has 0 atom stereocenters. The Labute approximate surface area is 121 Å². The number of aromatic nitrogens is 4. The number of rotatable bonds is 2. The molecule has 6 nitrogen and oxygen atoms in total. The quantitative estimate of drug-likeness (QED) is 0.840. The van der Waals surface area contributed by atoms with Crippen molar-refractivity contribution in [3.8, 4) is 0 Å². The van der Waals surface area contributed by atoms with Gasteiger partial charge in [-0.05, 0) is 12.8 Å². The predicted octanol–water partition coefficient (Wildman–Crippen LogP) is 1.47. The van der Waals surface area contributed by atoms with Crippen LogP contribution in [0.4, 0.5) is 0 Å². The van der Waals surface area contributed by atoms with E-state index in [1.54, 1.807) is 17.2 Å². The Morgan fingerprint density at radius 2 is 2.15 bits per heavy atom. The van der Waals surface area contributed by atoms with Gasteiger partial charge in [-0.25, -0.2) is 4.98 Å². The average molecular weight is 291 g/mol. The SMILES string of the molecule is Cn1cnnc1C1(C)CCN(C(=O)c2cscn2)CC1. The van der Waals surface area contributed by atoms with E-state index in [4.69, 9.17) is 0 Å². The molecule has 20 heavy (non-hydrogen) atoms. The zero-order valence-electron chi connectivity index (χ0n) is 11.6. The van der Waals surface area contributed by atoms with E-state index >= 15 is 0 Å². The van der Waals surface area contributed by atoms with E-state index < -0.39 is 0 Å². The fourth-order valence-corrected chi connectivity index (χ4v) is 3.26. The van der Waals surface area contributed by atoms with E-state index in [0.717, 1.165) is 31.8 Å². The Kier molecular flexibility index (Phi) is 3.29. The summed E-state index contributed by atoms with van der Waals surface area (Å²) in [4.78, 5) is 18.2. The van der Waals surface area contributed by atoms with Crippen molar-refractivity contribution in [2.75, 3.05) is 13.1 Å². The van der Waals surface area contributed by atoms with E-state index in [-0.39, 0.29) is 11.3 Å². The third-order valence-corrected chi connectivity index (χ3v) is 4.64. The molecule has 0 aromatic carbocycles. The maximum absolute atomic E-state index is 12.3. The van der Waals surface area contributed by atoms with Crippen molar-refractivity contribution in [3.05, 3.63) is 28.7 Å². The molecule has 2 aromatic heterocycles. The first-order chi connectivity index (χ1) is 9.60. The lowest BCUT2D eigenvalue weighted by atomic mass is 9.79. The largest absolute Gasteiger partial charge is 0.337 e. The topological polar surface area (TPSA) is 63.9 Å². The zero-order chi connectivity index (χ0) is 14.2. The molecule has 0 saturated carbocycles. The molecular weight excluding hydrogens is 274 g/mol. The maximum atomic E-state index is 12.3. The van der Waals surface area contributed by atoms with E-state index in [0.29, 0.717) is 5.69 Å². The standard InChI is InChI=1S/C13H17N5OS/c1-13(12-16-15-8-17(12)2)3-5-18(6-4-13)11(19)10-7-20-9-14-10/h7-9H,3-6H2,1-2H3. The number of piperidine rings is 1. The van der Waals surface area contributed by atoms with Crippen LogP contribution in [-0.2, 0) is 12.5 Å². The van der Waals surface area contributed by atoms with Crippen molar-refractivity contribution in [2.24, 2.45) is 7.05 Å². The Morgan fingerprint density at radius 1 is 1.40 bits per heavy atom. The Hall–Kier alpha value is -1.76. The number of likely N-dealkylation sites (tertiary alicyclic amines) is 1. The predicted molar refractivity (Wildman–Crippen MR) is 75.6 cm³/mol. The van der Waals surface area contributed by atoms with E-state index in [1.165, 1.54) is 11.3 Å². The van der Waals surface area contributed by atoms with Crippen LogP contribution in [0.1, 0.15) is 36.1 Å². The summed E-state index contributed by atoms with van der Waals surface area (Å²) in [5, 5.41) is 9.99. The van der Waals surface area contributed by atoms with Gasteiger partial charge in [0.1, 0.15) is 17.8 Å². The molecule has 7 heteroatoms. The number of nitrogens with zero attached hydrogens (tertiary/aromatic N) is 5. The molecule has 3 rings (SSSR count). The number of carbonyl (C=O) groups excluding carboxylic acids is 1. The molecular formula is C13H17N5OS. The summed E-state index contributed by atoms with van der Waals surface area (Å²) in [6.07, 6.45) is 3.53. The third kappa shape index (κ3) is 2.22. The van der Waals surface area contributed by atoms with Crippen LogP contribution in [-0.4, -0.2) is 43.6 Å². The van der Waals surface area contributed by atoms with Crippen molar-refractivity contribution in [1.29, 1.82) is 0 Å². The van der Waals surface area contributed by atoms with Crippen LogP contribution in [0.3, 0.4) is 0 Å². The first kappa shape index (κ1) is 13.2. The highest BCUT2D eigenvalue weighted by Crippen LogP contribution is 2.33. The van der Waals surface area contributed by atoms with Crippen molar-refractivity contribution >= 4 is 17.2 Å². The molecule has 1 amide bonds. The minimum atomic E-state index is -0.00982. The molecule has 0 N–H and O–H groups in total. The second kappa shape index (κ2) is 4.97. The van der Waals surface area contributed by atoms with Gasteiger partial charge in [0, 0.05) is 30.9 Å². The zero-order valence-corrected chi connectivity index (χ0v) is 12.4. The first-order valence-electron chi connectivity index (χ1n) is 6.62. The third-order valence-electron chi connectivity index (χ3n) is 4.06. The van der Waals surface area contributed by atoms with E-state index in [1.807, 2.05) is 16.5 Å². The fourth-order valence-electron chi connectivity index (χ4n) is 2.74. The highest BCUT2D eigenvalue weighted by Gasteiger charge is 2.37. The van der Waals surface area contributed by atoms with E-state index in [2.05, 4.69) is 22.1 Å². The van der Waals surface area contributed by atoms with Crippen LogP contribution >= 0.6 is 11.3 Å². The summed E-state index contributed by atoms with van der Waals surface area (Å²) in [6, 6.07) is 0. The fraction of sp³-hybridized carbons (Fsp3) is 0.538. The smallest absolute Gasteiger partial charge is 0.273 e. The van der Waals surface area contributed by atoms with Gasteiger partial charge in [0.05, 0.1) is 5.51 Å². The van der Waals surface area contributed by atoms with Gasteiger partial charge in [-0.1, -0.05) is 6.92 Å². The van der Waals surface area contributed by atoms with Gasteiger partial charge in [0.15, 0.2) is 0 Å². The highest BCUT2D eigenvalue weighted by molar-refractivity contribution is 7.07. The summed E-state index contributed by atoms with van der Waals surface area (Å²) < 4.78 is 1.97. The number of hydrogen-bond acceptors (Lipinski definition) is 5. The lowest BCUT2D eigenvalue weighted by Gasteiger charge is -2.38. The van der Waals surface area contributed by atoms with Crippen molar-refractivity contribution in [1.82, 2.24) is 24.6 Å². The molecule has 0 bridgehead atoms. The van der Waals surface area contributed by atoms with Crippen molar-refractivity contribution in [2.45, 2.75) is 25.2 Å². The van der Waals surface area contributed by atoms with Gasteiger partial charge in [0.25, 0.3) is 5.91 Å². The van der Waals surface area contributed by atoms with Crippen LogP contribution in [0.15, 0.2) is 17.2 Å². The maximum Gasteiger partial charge on any atom is 0.273 e. The summed E-state index contributed by atoms with van der Waals surface area (Å²) in [5.74, 6) is 1.03. The second-order valence-electron chi connectivity index (χ2n) is 5.49. The highest BCUT2D eigenvalue weighted by atomic mass is 32.1. The monoisotopic (exact) mass is 291 g/mol. The van der Waals surface area contributed by atoms with Crippen LogP contribution < -0.4 is 0 Å². The number of aryl methyl sites for hydroxylation is 1. The Balaban J connectivity index is 1.71. The van der Waals surface area contributed by atoms with Crippen molar-refractivity contribution < 1.29 is 4.79 Å². The van der Waals surface area contributed by atoms with Crippen LogP contribution in [0.25, 0.3) is 0 Å². The Morgan fingerprint density at radius 3 is 2.70 bits per heavy atom. The lowest BCUT2D eigenvalue weighted by Crippen LogP contribution is -2.45. The first-order valence-corrected chi connectivity index (χ1v) is 7.56. The molecule has 1 saturated heterocycles. The van der Waals surface area contributed by atoms with Crippen molar-refractivity contribution in [3.63, 3.8) is 0 Å². The molecule has 1 aliphatic heterocycles. The second-order valence-corrected chi connectivity index (χ2v) is 6.21. The molecule has 1 fully saturated rings. The average Bonchev–Trinajstić information content (AvgIpc) is 3.10. The van der Waals surface area contributed by atoms with Gasteiger partial charge in [0.2, 0.25) is 0 Å². The van der Waals surface area contributed by atoms with Gasteiger partial charge < -0.3 is 9.47 Å². The van der Waals surface area contributed by atoms with Gasteiger partial charge >= 0.3 is 0 Å². The number of hydrogen-bond donors (Lipinski definition) is 0. The minimum absolute atomic E-state index is 0.00982. The minimum Gasteiger partial charge on any atom is -0.337 e. The molecule has 0 spiro atoms. The molecule has 0 aliphatic carbocycles. The molecule has 3 heterocycles. The number of carbonyl (C=O) groups is 1. The molecule has 2 aromatic rings. The normalized spacial score (nSPS) is 18.2. The summed E-state index contributed by atoms with van der Waals surface area (Å²) in [6.45, 7) is 3.67. The summed E-state index contributed by atoms with van der Waals surface area (Å²) >= 11 is 1.45. The molecule has 0 radical (unpaired) electrons. The molecule has 1 aliphatic rings. The summed E-state index contributed by atoms with van der Waals surface area (Å²) in [7, 11) is 1.97. The van der Waals surface area contributed by atoms with Gasteiger partial charge in [-0.2, -0.15) is 0 Å². The van der Waals surface area contributed by atoms with Crippen LogP contribution in [0.5, 0.6) is 0 Å². The Bertz CT molecular complexity index is 598. The lowest BCUT2D eigenvalue weighted by molar-refractivity contribution is 0.0664. The number of thiazole rings is 1. The van der Waals surface area contributed by atoms with Gasteiger partial charge in [-0.3, -0.25) is 4.79 Å². The molecule has 0 unspecified atom stereocenters. The molecule has 106 valence electrons. The summed E-state index contributed by atoms with van der Waals surface area (Å²) in [5.41, 5.74) is 2.24. The van der Waals surface area contributed by atoms with E-state index in [9.17, 15) is 4.79 Å². The number of amides is 1. The van der Waals surface area contributed by atoms with Crippen LogP contribution in [0.2, 0.25) is 0 Å². The van der Waals surface area contributed by atoms with Crippen LogP contribution in [0, 0.1) is 0 Å². The van der Waals surface area contributed by atoms with Gasteiger partial charge in [-0.15, -0.1) is 21.5 Å².